The summed E-state index contributed by atoms with van der Waals surface area (Å²) in [4.78, 5) is 19.8. The lowest BCUT2D eigenvalue weighted by atomic mass is 9.96. The molecule has 0 bridgehead atoms. The van der Waals surface area contributed by atoms with Crippen LogP contribution < -0.4 is 10.6 Å². The smallest absolute Gasteiger partial charge is 0.226 e. The van der Waals surface area contributed by atoms with Crippen LogP contribution in [0.25, 0.3) is 5.69 Å². The number of para-hydroxylation sites is 1. The molecule has 0 spiro atoms. The molecule has 5 rings (SSSR count). The zero-order valence-corrected chi connectivity index (χ0v) is 24.1. The monoisotopic (exact) mass is 557 g/mol. The van der Waals surface area contributed by atoms with E-state index in [9.17, 15) is 4.79 Å². The summed E-state index contributed by atoms with van der Waals surface area (Å²) in [5.74, 6) is -0.0481. The Labute approximate surface area is 240 Å². The molecule has 1 fully saturated rings. The molecule has 39 heavy (non-hydrogen) atoms. The summed E-state index contributed by atoms with van der Waals surface area (Å²) in [5.41, 5.74) is 8.07. The van der Waals surface area contributed by atoms with Crippen molar-refractivity contribution in [2.75, 3.05) is 11.9 Å². The Hall–Kier alpha value is -3.68. The summed E-state index contributed by atoms with van der Waals surface area (Å²) in [6, 6.07) is 21.7. The number of hydrogen-bond donors (Lipinski definition) is 2. The number of nitrogens with one attached hydrogen (secondary N) is 2. The number of aryl methyl sites for hydroxylation is 3. The van der Waals surface area contributed by atoms with Gasteiger partial charge in [-0.15, -0.1) is 0 Å². The predicted molar refractivity (Wildman–Crippen MR) is 162 cm³/mol. The number of halogens is 1. The van der Waals surface area contributed by atoms with E-state index in [1.165, 1.54) is 0 Å². The summed E-state index contributed by atoms with van der Waals surface area (Å²) in [6.45, 7) is 8.67. The van der Waals surface area contributed by atoms with Crippen LogP contribution in [-0.4, -0.2) is 32.0 Å². The number of rotatable bonds is 7. The third kappa shape index (κ3) is 5.42. The lowest BCUT2D eigenvalue weighted by Gasteiger charge is -2.28. The summed E-state index contributed by atoms with van der Waals surface area (Å²) in [5, 5.41) is 7.87. The molecule has 2 N–H and O–H groups in total. The Kier molecular flexibility index (Phi) is 7.73. The second kappa shape index (κ2) is 11.2. The minimum absolute atomic E-state index is 0.0481. The second-order valence-electron chi connectivity index (χ2n) is 10.0. The van der Waals surface area contributed by atoms with Crippen LogP contribution in [0.1, 0.15) is 52.3 Å². The quantitative estimate of drug-likeness (QED) is 0.246. The van der Waals surface area contributed by atoms with Crippen LogP contribution in [-0.2, 0) is 4.79 Å². The Morgan fingerprint density at radius 3 is 2.56 bits per heavy atom. The van der Waals surface area contributed by atoms with Crippen LogP contribution in [0.5, 0.6) is 0 Å². The molecule has 2 aromatic heterocycles. The minimum atomic E-state index is -0.166. The molecule has 200 valence electrons. The maximum Gasteiger partial charge on any atom is 0.226 e. The van der Waals surface area contributed by atoms with Gasteiger partial charge in [-0.25, -0.2) is 0 Å². The number of nitrogens with zero attached hydrogens (tertiary/aromatic N) is 3. The van der Waals surface area contributed by atoms with Gasteiger partial charge in [-0.1, -0.05) is 41.9 Å². The molecule has 1 aliphatic rings. The number of aromatic nitrogens is 2. The Morgan fingerprint density at radius 2 is 1.82 bits per heavy atom. The third-order valence-corrected chi connectivity index (χ3v) is 8.00. The van der Waals surface area contributed by atoms with E-state index in [1.54, 1.807) is 6.20 Å². The van der Waals surface area contributed by atoms with Gasteiger partial charge in [-0.3, -0.25) is 9.78 Å². The Balaban J connectivity index is 1.48. The predicted octanol–water partition coefficient (Wildman–Crippen LogP) is 6.76. The van der Waals surface area contributed by atoms with Crippen molar-refractivity contribution in [2.24, 2.45) is 0 Å². The van der Waals surface area contributed by atoms with E-state index in [-0.39, 0.29) is 18.0 Å². The molecule has 2 atom stereocenters. The second-order valence-corrected chi connectivity index (χ2v) is 10.8. The molecule has 0 saturated carbocycles. The van der Waals surface area contributed by atoms with Gasteiger partial charge in [0.25, 0.3) is 0 Å². The van der Waals surface area contributed by atoms with E-state index < -0.39 is 0 Å². The molecular formula is C31H32ClN5OS. The van der Waals surface area contributed by atoms with Gasteiger partial charge in [0.15, 0.2) is 5.11 Å². The Morgan fingerprint density at radius 1 is 1.05 bits per heavy atom. The van der Waals surface area contributed by atoms with Crippen LogP contribution in [0.2, 0.25) is 5.02 Å². The Bertz CT molecular complexity index is 1530. The van der Waals surface area contributed by atoms with Crippen molar-refractivity contribution in [3.05, 3.63) is 112 Å². The molecule has 1 saturated heterocycles. The number of hydrogen-bond acceptors (Lipinski definition) is 3. The highest BCUT2D eigenvalue weighted by atomic mass is 35.5. The van der Waals surface area contributed by atoms with Crippen molar-refractivity contribution in [3.63, 3.8) is 0 Å². The van der Waals surface area contributed by atoms with Crippen molar-refractivity contribution >= 4 is 40.5 Å². The number of pyridine rings is 1. The lowest BCUT2D eigenvalue weighted by molar-refractivity contribution is -0.116. The maximum absolute atomic E-state index is 13.0. The van der Waals surface area contributed by atoms with Crippen molar-refractivity contribution in [1.29, 1.82) is 0 Å². The zero-order valence-electron chi connectivity index (χ0n) is 22.5. The van der Waals surface area contributed by atoms with Crippen LogP contribution in [0.3, 0.4) is 0 Å². The molecule has 2 aromatic carbocycles. The fourth-order valence-electron chi connectivity index (χ4n) is 5.38. The molecule has 0 unspecified atom stereocenters. The first kappa shape index (κ1) is 26.9. The largest absolute Gasteiger partial charge is 0.352 e. The van der Waals surface area contributed by atoms with Crippen molar-refractivity contribution in [1.82, 2.24) is 19.8 Å². The lowest BCUT2D eigenvalue weighted by Crippen LogP contribution is -2.33. The average Bonchev–Trinajstić information content (AvgIpc) is 3.40. The van der Waals surface area contributed by atoms with Gasteiger partial charge in [0.2, 0.25) is 5.91 Å². The minimum Gasteiger partial charge on any atom is -0.352 e. The molecule has 3 heterocycles. The van der Waals surface area contributed by atoms with Gasteiger partial charge in [0, 0.05) is 36.2 Å². The first-order valence-electron chi connectivity index (χ1n) is 13.0. The number of thiocarbonyl (C=S) groups is 1. The molecule has 0 radical (unpaired) electrons. The van der Waals surface area contributed by atoms with Crippen LogP contribution in [0.4, 0.5) is 5.69 Å². The molecule has 4 aromatic rings. The van der Waals surface area contributed by atoms with Crippen LogP contribution in [0, 0.1) is 27.7 Å². The number of carbonyl (C=O) groups is 1. The van der Waals surface area contributed by atoms with E-state index in [0.29, 0.717) is 23.1 Å². The number of amides is 1. The fraction of sp³-hybridized carbons (Fsp3) is 0.258. The molecule has 0 aliphatic carbocycles. The SMILES string of the molecule is Cc1ccc(C)c(NC(=O)CCN2C(=S)N[C@H](c3ccccn3)[C@@H]2c2cc(C)n(-c3ccccc3Cl)c2C)c1. The van der Waals surface area contributed by atoms with Gasteiger partial charge in [0.05, 0.1) is 28.5 Å². The normalized spacial score (nSPS) is 16.8. The van der Waals surface area contributed by atoms with E-state index in [1.807, 2.05) is 74.5 Å². The zero-order chi connectivity index (χ0) is 27.7. The van der Waals surface area contributed by atoms with Gasteiger partial charge in [-0.05, 0) is 93.0 Å². The summed E-state index contributed by atoms with van der Waals surface area (Å²) >= 11 is 12.4. The van der Waals surface area contributed by atoms with E-state index >= 15 is 0 Å². The third-order valence-electron chi connectivity index (χ3n) is 7.33. The van der Waals surface area contributed by atoms with Crippen molar-refractivity contribution in [3.8, 4) is 5.69 Å². The molecule has 1 amide bonds. The van der Waals surface area contributed by atoms with Crippen molar-refractivity contribution < 1.29 is 4.79 Å². The first-order chi connectivity index (χ1) is 18.7. The molecule has 6 nitrogen and oxygen atoms in total. The van der Waals surface area contributed by atoms with Gasteiger partial charge >= 0.3 is 0 Å². The molecular weight excluding hydrogens is 526 g/mol. The number of carbonyl (C=O) groups excluding carboxylic acids is 1. The van der Waals surface area contributed by atoms with Crippen LogP contribution >= 0.6 is 23.8 Å². The topological polar surface area (TPSA) is 62.2 Å². The highest BCUT2D eigenvalue weighted by Gasteiger charge is 2.41. The van der Waals surface area contributed by atoms with Gasteiger partial charge in [-0.2, -0.15) is 0 Å². The average molecular weight is 558 g/mol. The molecule has 1 aliphatic heterocycles. The van der Waals surface area contributed by atoms with Gasteiger partial charge in [0.1, 0.15) is 0 Å². The number of benzene rings is 2. The summed E-state index contributed by atoms with van der Waals surface area (Å²) in [7, 11) is 0. The maximum atomic E-state index is 13.0. The van der Waals surface area contributed by atoms with E-state index in [4.69, 9.17) is 23.8 Å². The van der Waals surface area contributed by atoms with Gasteiger partial charge < -0.3 is 20.1 Å². The highest BCUT2D eigenvalue weighted by molar-refractivity contribution is 7.80. The molecule has 8 heteroatoms. The van der Waals surface area contributed by atoms with E-state index in [0.717, 1.165) is 45.1 Å². The summed E-state index contributed by atoms with van der Waals surface area (Å²) in [6.07, 6.45) is 2.09. The van der Waals surface area contributed by atoms with Crippen molar-refractivity contribution in [2.45, 2.75) is 46.2 Å². The number of anilines is 1. The standard InChI is InChI=1S/C31H32ClN5OS/c1-19-12-13-20(2)26(17-19)34-28(38)14-16-36-30(29(35-31(36)39)25-10-7-8-15-33-25)23-18-21(3)37(22(23)4)27-11-6-5-9-24(27)32/h5-13,15,17-18,29-30H,14,16H2,1-4H3,(H,34,38)(H,35,39)/t29-,30+/m1/s1. The van der Waals surface area contributed by atoms with E-state index in [2.05, 4.69) is 45.0 Å². The summed E-state index contributed by atoms with van der Waals surface area (Å²) < 4.78 is 2.18. The van der Waals surface area contributed by atoms with Crippen LogP contribution in [0.15, 0.2) is 72.9 Å². The fourth-order valence-corrected chi connectivity index (χ4v) is 5.93. The highest BCUT2D eigenvalue weighted by Crippen LogP contribution is 2.42. The first-order valence-corrected chi connectivity index (χ1v) is 13.8.